The van der Waals surface area contributed by atoms with Gasteiger partial charge in [-0.2, -0.15) is 0 Å². The molecule has 1 aromatic carbocycles. The first-order chi connectivity index (χ1) is 10.0. The summed E-state index contributed by atoms with van der Waals surface area (Å²) in [4.78, 5) is 27.2. The van der Waals surface area contributed by atoms with E-state index in [1.54, 1.807) is 28.9 Å². The summed E-state index contributed by atoms with van der Waals surface area (Å²) in [6.07, 6.45) is -0.344. The van der Waals surface area contributed by atoms with Crippen molar-refractivity contribution < 1.29 is 19.4 Å². The Morgan fingerprint density at radius 2 is 1.81 bits per heavy atom. The lowest BCUT2D eigenvalue weighted by Gasteiger charge is -2.34. The van der Waals surface area contributed by atoms with E-state index in [2.05, 4.69) is 0 Å². The minimum Gasteiger partial charge on any atom is -0.507 e. The zero-order valence-corrected chi connectivity index (χ0v) is 12.3. The fraction of sp³-hybridized carbons (Fsp3) is 0.467. The number of nitrogens with zero attached hydrogens (tertiary/aromatic N) is 2. The fourth-order valence-corrected chi connectivity index (χ4v) is 2.30. The van der Waals surface area contributed by atoms with E-state index in [0.717, 1.165) is 5.56 Å². The van der Waals surface area contributed by atoms with Crippen LogP contribution in [0.15, 0.2) is 18.2 Å². The number of hydrogen-bond acceptors (Lipinski definition) is 4. The summed E-state index contributed by atoms with van der Waals surface area (Å²) in [5.41, 5.74) is 1.22. The number of aromatic hydroxyl groups is 1. The second-order valence-electron chi connectivity index (χ2n) is 5.00. The Hall–Kier alpha value is -2.24. The normalized spacial score (nSPS) is 15.0. The summed E-state index contributed by atoms with van der Waals surface area (Å²) in [7, 11) is 0. The molecule has 1 aliphatic heterocycles. The Bertz CT molecular complexity index is 536. The van der Waals surface area contributed by atoms with Crippen molar-refractivity contribution in [3.05, 3.63) is 29.3 Å². The summed E-state index contributed by atoms with van der Waals surface area (Å²) in [5, 5.41) is 9.81. The first-order valence-corrected chi connectivity index (χ1v) is 7.03. The van der Waals surface area contributed by atoms with Gasteiger partial charge in [-0.05, 0) is 26.0 Å². The third kappa shape index (κ3) is 3.45. The molecular weight excluding hydrogens is 272 g/mol. The number of carbonyl (C=O) groups is 2. The molecule has 1 saturated heterocycles. The van der Waals surface area contributed by atoms with Crippen molar-refractivity contribution in [2.75, 3.05) is 32.8 Å². The molecule has 2 rings (SSSR count). The van der Waals surface area contributed by atoms with E-state index in [0.29, 0.717) is 38.3 Å². The predicted octanol–water partition coefficient (Wildman–Crippen LogP) is 1.61. The molecule has 6 nitrogen and oxygen atoms in total. The minimum atomic E-state index is -0.344. The van der Waals surface area contributed by atoms with Crippen LogP contribution in [-0.2, 0) is 4.74 Å². The SMILES string of the molecule is CCOC(=O)N1CCN(C(=O)c2cc(C)ccc2O)CC1. The van der Waals surface area contributed by atoms with Gasteiger partial charge in [-0.15, -0.1) is 0 Å². The molecule has 21 heavy (non-hydrogen) atoms. The van der Waals surface area contributed by atoms with Gasteiger partial charge in [0, 0.05) is 26.2 Å². The highest BCUT2D eigenvalue weighted by Crippen LogP contribution is 2.20. The maximum absolute atomic E-state index is 12.4. The maximum Gasteiger partial charge on any atom is 0.409 e. The van der Waals surface area contributed by atoms with Crippen molar-refractivity contribution in [2.24, 2.45) is 0 Å². The Kier molecular flexibility index (Phi) is 4.67. The van der Waals surface area contributed by atoms with Gasteiger partial charge in [0.1, 0.15) is 5.75 Å². The molecule has 0 unspecified atom stereocenters. The quantitative estimate of drug-likeness (QED) is 0.899. The summed E-state index contributed by atoms with van der Waals surface area (Å²) < 4.78 is 4.94. The van der Waals surface area contributed by atoms with Gasteiger partial charge in [-0.3, -0.25) is 4.79 Å². The number of piperazine rings is 1. The summed E-state index contributed by atoms with van der Waals surface area (Å²) in [6.45, 7) is 5.73. The third-order valence-electron chi connectivity index (χ3n) is 3.48. The zero-order valence-electron chi connectivity index (χ0n) is 12.3. The largest absolute Gasteiger partial charge is 0.507 e. The average molecular weight is 292 g/mol. The average Bonchev–Trinajstić information content (AvgIpc) is 2.49. The van der Waals surface area contributed by atoms with E-state index >= 15 is 0 Å². The predicted molar refractivity (Wildman–Crippen MR) is 77.3 cm³/mol. The summed E-state index contributed by atoms with van der Waals surface area (Å²) in [6, 6.07) is 4.96. The van der Waals surface area contributed by atoms with Crippen LogP contribution in [0.2, 0.25) is 0 Å². The second-order valence-corrected chi connectivity index (χ2v) is 5.00. The monoisotopic (exact) mass is 292 g/mol. The van der Waals surface area contributed by atoms with E-state index < -0.39 is 0 Å². The Balaban J connectivity index is 2.00. The highest BCUT2D eigenvalue weighted by Gasteiger charge is 2.26. The van der Waals surface area contributed by atoms with Crippen LogP contribution in [0.3, 0.4) is 0 Å². The molecule has 0 atom stereocenters. The number of rotatable bonds is 2. The lowest BCUT2D eigenvalue weighted by Crippen LogP contribution is -2.50. The molecular formula is C15H20N2O4. The molecule has 1 fully saturated rings. The van der Waals surface area contributed by atoms with Gasteiger partial charge in [0.15, 0.2) is 0 Å². The molecule has 1 aliphatic rings. The van der Waals surface area contributed by atoms with Crippen LogP contribution < -0.4 is 0 Å². The molecule has 0 bridgehead atoms. The van der Waals surface area contributed by atoms with Crippen molar-refractivity contribution in [1.82, 2.24) is 9.80 Å². The summed E-state index contributed by atoms with van der Waals surface area (Å²) in [5.74, 6) is -0.224. The van der Waals surface area contributed by atoms with Crippen LogP contribution in [0.4, 0.5) is 4.79 Å². The third-order valence-corrected chi connectivity index (χ3v) is 3.48. The molecule has 114 valence electrons. The molecule has 0 aromatic heterocycles. The molecule has 0 radical (unpaired) electrons. The second kappa shape index (κ2) is 6.47. The smallest absolute Gasteiger partial charge is 0.409 e. The molecule has 0 aliphatic carbocycles. The Morgan fingerprint density at radius 1 is 1.19 bits per heavy atom. The molecule has 2 amide bonds. The van der Waals surface area contributed by atoms with Crippen molar-refractivity contribution >= 4 is 12.0 Å². The lowest BCUT2D eigenvalue weighted by molar-refractivity contribution is 0.0568. The minimum absolute atomic E-state index is 0.0153. The molecule has 1 N–H and O–H groups in total. The van der Waals surface area contributed by atoms with Crippen LogP contribution in [0, 0.1) is 6.92 Å². The van der Waals surface area contributed by atoms with Crippen LogP contribution in [-0.4, -0.2) is 59.7 Å². The van der Waals surface area contributed by atoms with Gasteiger partial charge in [-0.1, -0.05) is 11.6 Å². The molecule has 1 heterocycles. The van der Waals surface area contributed by atoms with Crippen molar-refractivity contribution in [2.45, 2.75) is 13.8 Å². The number of hydrogen-bond donors (Lipinski definition) is 1. The van der Waals surface area contributed by atoms with E-state index in [-0.39, 0.29) is 17.7 Å². The van der Waals surface area contributed by atoms with Gasteiger partial charge in [-0.25, -0.2) is 4.79 Å². The van der Waals surface area contributed by atoms with Gasteiger partial charge in [0.25, 0.3) is 5.91 Å². The Labute approximate surface area is 123 Å². The fourth-order valence-electron chi connectivity index (χ4n) is 2.30. The van der Waals surface area contributed by atoms with Gasteiger partial charge >= 0.3 is 6.09 Å². The van der Waals surface area contributed by atoms with E-state index in [1.165, 1.54) is 6.07 Å². The number of aryl methyl sites for hydroxylation is 1. The number of phenolic OH excluding ortho intramolecular Hbond substituents is 1. The highest BCUT2D eigenvalue weighted by molar-refractivity contribution is 5.97. The van der Waals surface area contributed by atoms with Crippen molar-refractivity contribution in [3.63, 3.8) is 0 Å². The van der Waals surface area contributed by atoms with E-state index in [9.17, 15) is 14.7 Å². The topological polar surface area (TPSA) is 70.1 Å². The summed E-state index contributed by atoms with van der Waals surface area (Å²) >= 11 is 0. The number of ether oxygens (including phenoxy) is 1. The highest BCUT2D eigenvalue weighted by atomic mass is 16.6. The van der Waals surface area contributed by atoms with Crippen molar-refractivity contribution in [3.8, 4) is 5.75 Å². The Morgan fingerprint density at radius 3 is 2.43 bits per heavy atom. The number of carbonyl (C=O) groups excluding carboxylic acids is 2. The molecule has 0 spiro atoms. The first kappa shape index (κ1) is 15.2. The van der Waals surface area contributed by atoms with E-state index in [4.69, 9.17) is 4.74 Å². The molecule has 1 aromatic rings. The number of amides is 2. The van der Waals surface area contributed by atoms with Crippen molar-refractivity contribution in [1.29, 1.82) is 0 Å². The standard InChI is InChI=1S/C15H20N2O4/c1-3-21-15(20)17-8-6-16(7-9-17)14(19)12-10-11(2)4-5-13(12)18/h4-5,10,18H,3,6-9H2,1-2H3. The zero-order chi connectivity index (χ0) is 15.4. The number of phenols is 1. The van der Waals surface area contributed by atoms with Crippen LogP contribution in [0.25, 0.3) is 0 Å². The lowest BCUT2D eigenvalue weighted by atomic mass is 10.1. The number of benzene rings is 1. The molecule has 0 saturated carbocycles. The maximum atomic E-state index is 12.4. The molecule has 6 heteroatoms. The first-order valence-electron chi connectivity index (χ1n) is 7.03. The van der Waals surface area contributed by atoms with Gasteiger partial charge in [0.2, 0.25) is 0 Å². The van der Waals surface area contributed by atoms with Crippen LogP contribution in [0.5, 0.6) is 5.75 Å². The van der Waals surface area contributed by atoms with E-state index in [1.807, 2.05) is 6.92 Å². The van der Waals surface area contributed by atoms with Crippen LogP contribution >= 0.6 is 0 Å². The van der Waals surface area contributed by atoms with Crippen LogP contribution in [0.1, 0.15) is 22.8 Å². The van der Waals surface area contributed by atoms with Gasteiger partial charge in [0.05, 0.1) is 12.2 Å². The van der Waals surface area contributed by atoms with Gasteiger partial charge < -0.3 is 19.6 Å².